The Hall–Kier alpha value is -2.54. The maximum absolute atomic E-state index is 14.0. The molecule has 4 rings (SSSR count). The van der Waals surface area contributed by atoms with Gasteiger partial charge in [-0.15, -0.1) is 0 Å². The van der Waals surface area contributed by atoms with Crippen molar-refractivity contribution < 1.29 is 13.9 Å². The molecule has 0 amide bonds. The summed E-state index contributed by atoms with van der Waals surface area (Å²) in [6, 6.07) is 16.8. The van der Waals surface area contributed by atoms with Gasteiger partial charge in [0.25, 0.3) is 0 Å². The molecule has 0 saturated heterocycles. The summed E-state index contributed by atoms with van der Waals surface area (Å²) in [7, 11) is 1.58. The Morgan fingerprint density at radius 1 is 1.12 bits per heavy atom. The van der Waals surface area contributed by atoms with Crippen LogP contribution in [0.4, 0.5) is 4.39 Å². The number of rotatable bonds is 9. The quantitative estimate of drug-likeness (QED) is 0.245. The molecule has 0 atom stereocenters. The molecular formula is C25H23BrClFN2O2. The SMILES string of the molecule is COc1cc(CNCCc2c[nH]c3ccccc23)cc(Br)c1OCc1c(F)cccc1Cl. The summed E-state index contributed by atoms with van der Waals surface area (Å²) in [6.45, 7) is 1.52. The molecule has 0 bridgehead atoms. The number of para-hydroxylation sites is 1. The summed E-state index contributed by atoms with van der Waals surface area (Å²) in [4.78, 5) is 3.31. The summed E-state index contributed by atoms with van der Waals surface area (Å²) in [6.07, 6.45) is 2.99. The molecule has 0 radical (unpaired) electrons. The van der Waals surface area contributed by atoms with Crippen LogP contribution in [0.2, 0.25) is 5.02 Å². The van der Waals surface area contributed by atoms with E-state index in [4.69, 9.17) is 21.1 Å². The number of ether oxygens (including phenoxy) is 2. The molecule has 3 aromatic carbocycles. The number of aromatic nitrogens is 1. The monoisotopic (exact) mass is 516 g/mol. The van der Waals surface area contributed by atoms with Crippen molar-refractivity contribution in [3.63, 3.8) is 0 Å². The molecule has 166 valence electrons. The van der Waals surface area contributed by atoms with E-state index in [9.17, 15) is 4.39 Å². The van der Waals surface area contributed by atoms with Crippen LogP contribution in [0.5, 0.6) is 11.5 Å². The minimum absolute atomic E-state index is 0.00266. The Kier molecular flexibility index (Phi) is 7.35. The highest BCUT2D eigenvalue weighted by molar-refractivity contribution is 9.10. The lowest BCUT2D eigenvalue weighted by Crippen LogP contribution is -2.16. The van der Waals surface area contributed by atoms with Crippen molar-refractivity contribution >= 4 is 38.4 Å². The van der Waals surface area contributed by atoms with Crippen molar-refractivity contribution in [2.24, 2.45) is 0 Å². The van der Waals surface area contributed by atoms with Crippen LogP contribution >= 0.6 is 27.5 Å². The Bertz CT molecular complexity index is 1210. The molecule has 2 N–H and O–H groups in total. The molecule has 0 spiro atoms. The van der Waals surface area contributed by atoms with Crippen LogP contribution in [0, 0.1) is 5.82 Å². The molecule has 0 aliphatic heterocycles. The highest BCUT2D eigenvalue weighted by Crippen LogP contribution is 2.37. The van der Waals surface area contributed by atoms with Gasteiger partial charge in [0.05, 0.1) is 16.6 Å². The van der Waals surface area contributed by atoms with Gasteiger partial charge in [0, 0.05) is 29.2 Å². The number of benzene rings is 3. The Labute approximate surface area is 199 Å². The van der Waals surface area contributed by atoms with Crippen molar-refractivity contribution in [2.75, 3.05) is 13.7 Å². The lowest BCUT2D eigenvalue weighted by atomic mass is 10.1. The molecule has 0 unspecified atom stereocenters. The van der Waals surface area contributed by atoms with Crippen molar-refractivity contribution in [1.29, 1.82) is 0 Å². The number of H-pyrrole nitrogens is 1. The van der Waals surface area contributed by atoms with Crippen LogP contribution in [-0.4, -0.2) is 18.6 Å². The van der Waals surface area contributed by atoms with Crippen LogP contribution in [0.3, 0.4) is 0 Å². The lowest BCUT2D eigenvalue weighted by Gasteiger charge is -2.15. The summed E-state index contributed by atoms with van der Waals surface area (Å²) in [5.41, 5.74) is 3.81. The Morgan fingerprint density at radius 3 is 2.78 bits per heavy atom. The van der Waals surface area contributed by atoms with Gasteiger partial charge in [-0.25, -0.2) is 4.39 Å². The van der Waals surface area contributed by atoms with E-state index in [2.05, 4.69) is 50.6 Å². The zero-order chi connectivity index (χ0) is 22.5. The van der Waals surface area contributed by atoms with E-state index in [1.165, 1.54) is 17.0 Å². The molecule has 4 aromatic rings. The van der Waals surface area contributed by atoms with E-state index < -0.39 is 5.82 Å². The molecular weight excluding hydrogens is 495 g/mol. The molecule has 4 nitrogen and oxygen atoms in total. The molecule has 7 heteroatoms. The molecule has 1 heterocycles. The lowest BCUT2D eigenvalue weighted by molar-refractivity contribution is 0.277. The minimum Gasteiger partial charge on any atom is -0.493 e. The van der Waals surface area contributed by atoms with Crippen LogP contribution in [0.1, 0.15) is 16.7 Å². The zero-order valence-corrected chi connectivity index (χ0v) is 19.9. The first-order chi connectivity index (χ1) is 15.6. The molecule has 0 fully saturated rings. The van der Waals surface area contributed by atoms with Crippen molar-refractivity contribution in [1.82, 2.24) is 10.3 Å². The van der Waals surface area contributed by atoms with Gasteiger partial charge in [0.15, 0.2) is 11.5 Å². The van der Waals surface area contributed by atoms with Gasteiger partial charge in [-0.05, 0) is 70.4 Å². The second-order valence-corrected chi connectivity index (χ2v) is 8.65. The first kappa shape index (κ1) is 22.6. The average Bonchev–Trinajstić information content (AvgIpc) is 3.20. The normalized spacial score (nSPS) is 11.1. The second-order valence-electron chi connectivity index (χ2n) is 7.38. The van der Waals surface area contributed by atoms with E-state index >= 15 is 0 Å². The zero-order valence-electron chi connectivity index (χ0n) is 17.6. The van der Waals surface area contributed by atoms with Crippen LogP contribution in [0.15, 0.2) is 65.3 Å². The van der Waals surface area contributed by atoms with Gasteiger partial charge in [0.2, 0.25) is 0 Å². The topological polar surface area (TPSA) is 46.3 Å². The molecule has 0 saturated carbocycles. The number of hydrogen-bond acceptors (Lipinski definition) is 3. The van der Waals surface area contributed by atoms with Gasteiger partial charge >= 0.3 is 0 Å². The fraction of sp³-hybridized carbons (Fsp3) is 0.200. The molecule has 0 aliphatic carbocycles. The van der Waals surface area contributed by atoms with Crippen molar-refractivity contribution in [3.8, 4) is 11.5 Å². The highest BCUT2D eigenvalue weighted by atomic mass is 79.9. The third-order valence-electron chi connectivity index (χ3n) is 5.29. The summed E-state index contributed by atoms with van der Waals surface area (Å²) in [5.74, 6) is 0.679. The number of aromatic amines is 1. The molecule has 32 heavy (non-hydrogen) atoms. The predicted molar refractivity (Wildman–Crippen MR) is 130 cm³/mol. The Morgan fingerprint density at radius 2 is 1.97 bits per heavy atom. The summed E-state index contributed by atoms with van der Waals surface area (Å²) < 4.78 is 26.2. The number of halogens is 3. The van der Waals surface area contributed by atoms with Gasteiger partial charge in [0.1, 0.15) is 12.4 Å². The number of methoxy groups -OCH3 is 1. The van der Waals surface area contributed by atoms with E-state index in [0.29, 0.717) is 28.6 Å². The van der Waals surface area contributed by atoms with Gasteiger partial charge in [-0.2, -0.15) is 0 Å². The van der Waals surface area contributed by atoms with Gasteiger partial charge < -0.3 is 19.8 Å². The average molecular weight is 518 g/mol. The molecule has 0 aliphatic rings. The maximum Gasteiger partial charge on any atom is 0.175 e. The van der Waals surface area contributed by atoms with Crippen LogP contribution in [-0.2, 0) is 19.6 Å². The fourth-order valence-electron chi connectivity index (χ4n) is 3.62. The maximum atomic E-state index is 14.0. The first-order valence-electron chi connectivity index (χ1n) is 10.2. The van der Waals surface area contributed by atoms with E-state index in [1.54, 1.807) is 19.2 Å². The summed E-state index contributed by atoms with van der Waals surface area (Å²) >= 11 is 9.65. The largest absolute Gasteiger partial charge is 0.493 e. The third-order valence-corrected chi connectivity index (χ3v) is 6.23. The van der Waals surface area contributed by atoms with Crippen LogP contribution < -0.4 is 14.8 Å². The van der Waals surface area contributed by atoms with Gasteiger partial charge in [-0.1, -0.05) is 35.9 Å². The summed E-state index contributed by atoms with van der Waals surface area (Å²) in [5, 5.41) is 5.07. The fourth-order valence-corrected chi connectivity index (χ4v) is 4.45. The third kappa shape index (κ3) is 5.09. The number of hydrogen-bond donors (Lipinski definition) is 2. The first-order valence-corrected chi connectivity index (χ1v) is 11.4. The van der Waals surface area contributed by atoms with Crippen molar-refractivity contribution in [2.45, 2.75) is 19.6 Å². The second kappa shape index (κ2) is 10.4. The number of nitrogens with one attached hydrogen (secondary N) is 2. The van der Waals surface area contributed by atoms with E-state index in [0.717, 1.165) is 28.5 Å². The standard InChI is InChI=1S/C25H23BrClFN2O2/c1-31-24-12-16(13-29-10-9-17-14-30-23-8-3-2-5-18(17)23)11-20(26)25(24)32-15-19-21(27)6-4-7-22(19)28/h2-8,11-12,14,29-30H,9-10,13,15H2,1H3. The molecule has 1 aromatic heterocycles. The van der Waals surface area contributed by atoms with Gasteiger partial charge in [-0.3, -0.25) is 0 Å². The minimum atomic E-state index is -0.399. The Balaban J connectivity index is 1.38. The highest BCUT2D eigenvalue weighted by Gasteiger charge is 2.14. The smallest absolute Gasteiger partial charge is 0.175 e. The van der Waals surface area contributed by atoms with E-state index in [-0.39, 0.29) is 6.61 Å². The van der Waals surface area contributed by atoms with E-state index in [1.807, 2.05) is 18.2 Å². The predicted octanol–water partition coefficient (Wildman–Crippen LogP) is 6.64. The van der Waals surface area contributed by atoms with Crippen molar-refractivity contribution in [3.05, 3.63) is 92.8 Å². The van der Waals surface area contributed by atoms with Crippen LogP contribution in [0.25, 0.3) is 10.9 Å². The number of fused-ring (bicyclic) bond motifs is 1.